The van der Waals surface area contributed by atoms with Crippen molar-refractivity contribution in [2.75, 3.05) is 6.16 Å². The minimum atomic E-state index is 0.687. The molecule has 3 atom stereocenters. The van der Waals surface area contributed by atoms with Crippen LogP contribution in [0.2, 0.25) is 0 Å². The van der Waals surface area contributed by atoms with Gasteiger partial charge >= 0.3 is 0 Å². The quantitative estimate of drug-likeness (QED) is 0.610. The van der Waals surface area contributed by atoms with E-state index in [1.807, 2.05) is 0 Å². The van der Waals surface area contributed by atoms with E-state index >= 15 is 0 Å². The van der Waals surface area contributed by atoms with Crippen molar-refractivity contribution in [3.05, 3.63) is 35.4 Å². The molecule has 0 N–H and O–H groups in total. The number of hydrogen-bond donors (Lipinski definition) is 0. The molecule has 0 heterocycles. The highest BCUT2D eigenvalue weighted by Crippen LogP contribution is 2.43. The van der Waals surface area contributed by atoms with Gasteiger partial charge in [0.25, 0.3) is 0 Å². The average Bonchev–Trinajstić information content (AvgIpc) is 2.88. The molecule has 1 saturated carbocycles. The Kier molecular flexibility index (Phi) is 5.80. The molecule has 1 aromatic carbocycles. The van der Waals surface area contributed by atoms with Crippen LogP contribution >= 0.6 is 16.4 Å². The first kappa shape index (κ1) is 15.0. The van der Waals surface area contributed by atoms with Crippen LogP contribution in [0.3, 0.4) is 0 Å². The molecule has 0 aromatic heterocycles. The van der Waals surface area contributed by atoms with Gasteiger partial charge in [0.15, 0.2) is 0 Å². The predicted molar refractivity (Wildman–Crippen MR) is 92.3 cm³/mol. The van der Waals surface area contributed by atoms with Gasteiger partial charge in [-0.1, -0.05) is 50.2 Å². The zero-order valence-electron chi connectivity index (χ0n) is 11.9. The SMILES string of the molecule is C=PCc1ccccc1C(C)C1CCCC1CP=C. The minimum absolute atomic E-state index is 0.687. The molecular weight excluding hydrogens is 266 g/mol. The van der Waals surface area contributed by atoms with Gasteiger partial charge in [-0.15, -0.1) is 16.4 Å². The molecule has 0 radical (unpaired) electrons. The standard InChI is InChI=1S/C17H24P2/c1-13(17-10-6-8-15(17)12-19-3)16-9-5-4-7-14(16)11-18-2/h4-5,7,9,13,15,17H,2-3,6,8,10-12H2,1H3. The van der Waals surface area contributed by atoms with Gasteiger partial charge in [0.1, 0.15) is 0 Å². The molecule has 19 heavy (non-hydrogen) atoms. The summed E-state index contributed by atoms with van der Waals surface area (Å²) in [5.41, 5.74) is 3.07. The highest BCUT2D eigenvalue weighted by molar-refractivity contribution is 7.36. The fraction of sp³-hybridized carbons (Fsp3) is 0.529. The van der Waals surface area contributed by atoms with E-state index in [-0.39, 0.29) is 0 Å². The Morgan fingerprint density at radius 3 is 2.74 bits per heavy atom. The molecule has 0 aliphatic heterocycles. The number of benzene rings is 1. The van der Waals surface area contributed by atoms with Crippen molar-refractivity contribution in [3.63, 3.8) is 0 Å². The molecule has 3 unspecified atom stereocenters. The largest absolute Gasteiger partial charge is 0.112 e. The summed E-state index contributed by atoms with van der Waals surface area (Å²) in [4.78, 5) is 0. The maximum Gasteiger partial charge on any atom is 0.0143 e. The monoisotopic (exact) mass is 290 g/mol. The lowest BCUT2D eigenvalue weighted by Crippen LogP contribution is -2.17. The summed E-state index contributed by atoms with van der Waals surface area (Å²) in [6.45, 7) is 2.43. The molecule has 0 saturated heterocycles. The first-order valence-corrected chi connectivity index (χ1v) is 9.73. The summed E-state index contributed by atoms with van der Waals surface area (Å²) in [7, 11) is 2.54. The van der Waals surface area contributed by atoms with Crippen molar-refractivity contribution < 1.29 is 0 Å². The Labute approximate surface area is 121 Å². The summed E-state index contributed by atoms with van der Waals surface area (Å²) >= 11 is 0. The molecule has 2 heteroatoms. The third kappa shape index (κ3) is 3.56. The van der Waals surface area contributed by atoms with Crippen molar-refractivity contribution in [1.29, 1.82) is 0 Å². The fourth-order valence-corrected chi connectivity index (χ4v) is 4.90. The van der Waals surface area contributed by atoms with Gasteiger partial charge in [-0.25, -0.2) is 0 Å². The lowest BCUT2D eigenvalue weighted by atomic mass is 9.80. The van der Waals surface area contributed by atoms with Crippen LogP contribution in [0.1, 0.15) is 43.2 Å². The molecule has 0 nitrogen and oxygen atoms in total. The van der Waals surface area contributed by atoms with Crippen LogP contribution in [0.25, 0.3) is 0 Å². The molecular formula is C17H24P2. The van der Waals surface area contributed by atoms with Crippen molar-refractivity contribution in [2.24, 2.45) is 11.8 Å². The van der Waals surface area contributed by atoms with E-state index in [1.54, 1.807) is 5.56 Å². The van der Waals surface area contributed by atoms with E-state index in [1.165, 1.54) is 47.4 Å². The highest BCUT2D eigenvalue weighted by Gasteiger charge is 2.32. The predicted octanol–water partition coefficient (Wildman–Crippen LogP) is 5.46. The van der Waals surface area contributed by atoms with Crippen LogP contribution in [0.15, 0.2) is 24.3 Å². The molecule has 1 aliphatic rings. The van der Waals surface area contributed by atoms with E-state index < -0.39 is 0 Å². The van der Waals surface area contributed by atoms with E-state index in [4.69, 9.17) is 0 Å². The summed E-state index contributed by atoms with van der Waals surface area (Å²) in [6.07, 6.45) is 14.6. The second kappa shape index (κ2) is 7.37. The van der Waals surface area contributed by atoms with Crippen LogP contribution < -0.4 is 0 Å². The van der Waals surface area contributed by atoms with Gasteiger partial charge in [-0.3, -0.25) is 0 Å². The Balaban J connectivity index is 2.20. The number of hydrogen-bond acceptors (Lipinski definition) is 0. The van der Waals surface area contributed by atoms with Gasteiger partial charge in [0.05, 0.1) is 0 Å². The van der Waals surface area contributed by atoms with Crippen molar-refractivity contribution >= 4 is 29.0 Å². The zero-order chi connectivity index (χ0) is 13.7. The third-order valence-corrected chi connectivity index (χ3v) is 5.84. The first-order chi connectivity index (χ1) is 9.27. The second-order valence-electron chi connectivity index (χ2n) is 5.63. The second-order valence-corrected chi connectivity index (χ2v) is 7.21. The van der Waals surface area contributed by atoms with Crippen LogP contribution in [0.4, 0.5) is 0 Å². The molecule has 1 aliphatic carbocycles. The number of rotatable bonds is 6. The van der Waals surface area contributed by atoms with Crippen molar-refractivity contribution in [2.45, 2.75) is 38.3 Å². The lowest BCUT2D eigenvalue weighted by Gasteiger charge is -2.27. The molecule has 2 rings (SSSR count). The molecule has 1 aromatic rings. The summed E-state index contributed by atoms with van der Waals surface area (Å²) in [6, 6.07) is 8.98. The fourth-order valence-electron chi connectivity index (χ4n) is 3.59. The van der Waals surface area contributed by atoms with Crippen LogP contribution in [-0.4, -0.2) is 18.8 Å². The van der Waals surface area contributed by atoms with Crippen LogP contribution in [0, 0.1) is 11.8 Å². The van der Waals surface area contributed by atoms with E-state index in [0.29, 0.717) is 5.92 Å². The van der Waals surface area contributed by atoms with E-state index in [0.717, 1.165) is 18.0 Å². The Hall–Kier alpha value is -0.440. The lowest BCUT2D eigenvalue weighted by molar-refractivity contribution is 0.365. The van der Waals surface area contributed by atoms with Crippen molar-refractivity contribution in [3.8, 4) is 0 Å². The summed E-state index contributed by atoms with van der Waals surface area (Å²) in [5.74, 6) is 2.43. The molecule has 0 amide bonds. The Morgan fingerprint density at radius 1 is 1.21 bits per heavy atom. The summed E-state index contributed by atoms with van der Waals surface area (Å²) in [5, 5.41) is 0. The van der Waals surface area contributed by atoms with Crippen molar-refractivity contribution in [1.82, 2.24) is 0 Å². The average molecular weight is 290 g/mol. The van der Waals surface area contributed by atoms with Gasteiger partial charge in [-0.2, -0.15) is 0 Å². The Morgan fingerprint density at radius 2 is 2.00 bits per heavy atom. The minimum Gasteiger partial charge on any atom is -0.112 e. The van der Waals surface area contributed by atoms with Gasteiger partial charge in [0, 0.05) is 6.16 Å². The van der Waals surface area contributed by atoms with Crippen LogP contribution in [0.5, 0.6) is 0 Å². The first-order valence-electron chi connectivity index (χ1n) is 7.20. The van der Waals surface area contributed by atoms with E-state index in [9.17, 15) is 0 Å². The molecule has 0 spiro atoms. The zero-order valence-corrected chi connectivity index (χ0v) is 13.7. The topological polar surface area (TPSA) is 0 Å². The summed E-state index contributed by atoms with van der Waals surface area (Å²) < 4.78 is 0. The van der Waals surface area contributed by atoms with Gasteiger partial charge < -0.3 is 0 Å². The van der Waals surface area contributed by atoms with Gasteiger partial charge in [0.2, 0.25) is 0 Å². The maximum atomic E-state index is 4.03. The molecule has 102 valence electrons. The normalized spacial score (nSPS) is 24.9. The molecule has 0 bridgehead atoms. The van der Waals surface area contributed by atoms with Gasteiger partial charge in [-0.05, 0) is 47.9 Å². The maximum absolute atomic E-state index is 4.03. The Bertz CT molecular complexity index is 439. The van der Waals surface area contributed by atoms with E-state index in [2.05, 4.69) is 43.8 Å². The van der Waals surface area contributed by atoms with Crippen LogP contribution in [-0.2, 0) is 6.16 Å². The smallest absolute Gasteiger partial charge is 0.0143 e. The molecule has 1 fully saturated rings. The highest BCUT2D eigenvalue weighted by atomic mass is 31.1. The third-order valence-electron chi connectivity index (χ3n) is 4.55.